The average molecular weight is 364 g/mol. The van der Waals surface area contributed by atoms with E-state index in [1.165, 1.54) is 12.1 Å². The molecule has 0 saturated carbocycles. The Kier molecular flexibility index (Phi) is 4.73. The van der Waals surface area contributed by atoms with Gasteiger partial charge < -0.3 is 5.32 Å². The van der Waals surface area contributed by atoms with Crippen molar-refractivity contribution in [3.63, 3.8) is 0 Å². The van der Waals surface area contributed by atoms with Gasteiger partial charge in [-0.2, -0.15) is 5.10 Å². The topological polar surface area (TPSA) is 50.2 Å². The van der Waals surface area contributed by atoms with E-state index in [0.717, 1.165) is 30.6 Å². The Morgan fingerprint density at radius 3 is 2.74 bits per heavy atom. The third kappa shape index (κ3) is 3.90. The van der Waals surface area contributed by atoms with E-state index in [-0.39, 0.29) is 11.7 Å². The Hall–Kier alpha value is -2.99. The maximum atomic E-state index is 13.1. The fraction of sp³-hybridized carbons (Fsp3) is 0.238. The maximum Gasteiger partial charge on any atom is 0.255 e. The number of hydrogen-bond donors (Lipinski definition) is 1. The van der Waals surface area contributed by atoms with Gasteiger partial charge in [-0.25, -0.2) is 4.39 Å². The summed E-state index contributed by atoms with van der Waals surface area (Å²) in [6, 6.07) is 14.7. The van der Waals surface area contributed by atoms with Crippen molar-refractivity contribution in [2.24, 2.45) is 7.05 Å². The summed E-state index contributed by atoms with van der Waals surface area (Å²) in [6.07, 6.45) is 4.44. The van der Waals surface area contributed by atoms with E-state index >= 15 is 0 Å². The number of benzene rings is 2. The van der Waals surface area contributed by atoms with E-state index in [4.69, 9.17) is 0 Å². The average Bonchev–Trinajstić information content (AvgIpc) is 3.05. The van der Waals surface area contributed by atoms with Crippen molar-refractivity contribution in [2.75, 3.05) is 11.9 Å². The largest absolute Gasteiger partial charge is 0.319 e. The van der Waals surface area contributed by atoms with Crippen molar-refractivity contribution in [1.29, 1.82) is 0 Å². The van der Waals surface area contributed by atoms with Gasteiger partial charge in [-0.3, -0.25) is 14.4 Å². The molecule has 0 spiro atoms. The molecule has 1 atom stereocenters. The Labute approximate surface area is 157 Å². The van der Waals surface area contributed by atoms with Crippen LogP contribution in [0.4, 0.5) is 10.1 Å². The van der Waals surface area contributed by atoms with Crippen molar-refractivity contribution >= 4 is 11.6 Å². The first-order valence-electron chi connectivity index (χ1n) is 8.97. The van der Waals surface area contributed by atoms with Crippen LogP contribution in [-0.4, -0.2) is 27.1 Å². The number of carbonyl (C=O) groups excluding carboxylic acids is 1. The molecule has 27 heavy (non-hydrogen) atoms. The highest BCUT2D eigenvalue weighted by molar-refractivity contribution is 6.04. The Bertz CT molecular complexity index is 951. The molecule has 3 aromatic rings. The van der Waals surface area contributed by atoms with Crippen LogP contribution in [0.1, 0.15) is 33.9 Å². The quantitative estimate of drug-likeness (QED) is 0.750. The zero-order valence-corrected chi connectivity index (χ0v) is 15.1. The molecule has 1 aliphatic heterocycles. The smallest absolute Gasteiger partial charge is 0.255 e. The summed E-state index contributed by atoms with van der Waals surface area (Å²) in [4.78, 5) is 14.8. The molecule has 1 amide bonds. The van der Waals surface area contributed by atoms with Gasteiger partial charge >= 0.3 is 0 Å². The second kappa shape index (κ2) is 7.32. The Balaban J connectivity index is 1.43. The van der Waals surface area contributed by atoms with Crippen LogP contribution in [0.3, 0.4) is 0 Å². The summed E-state index contributed by atoms with van der Waals surface area (Å²) in [5.74, 6) is -0.361. The molecule has 6 heteroatoms. The van der Waals surface area contributed by atoms with Gasteiger partial charge in [-0.05, 0) is 41.8 Å². The molecule has 0 aliphatic carbocycles. The first-order valence-corrected chi connectivity index (χ1v) is 8.97. The number of amides is 1. The van der Waals surface area contributed by atoms with Crippen LogP contribution in [-0.2, 0) is 13.6 Å². The lowest BCUT2D eigenvalue weighted by Crippen LogP contribution is -2.40. The van der Waals surface area contributed by atoms with Gasteiger partial charge in [-0.15, -0.1) is 0 Å². The number of nitrogens with one attached hydrogen (secondary N) is 1. The minimum atomic E-state index is -0.211. The SMILES string of the molecule is Cn1cc(NC(=O)c2cccc(CN3CC[C@H]3c3ccc(F)cc3)c2)cn1. The molecule has 0 bridgehead atoms. The van der Waals surface area contributed by atoms with Gasteiger partial charge in [0.2, 0.25) is 0 Å². The molecular formula is C21H21FN4O. The van der Waals surface area contributed by atoms with Crippen molar-refractivity contribution in [1.82, 2.24) is 14.7 Å². The molecule has 1 N–H and O–H groups in total. The summed E-state index contributed by atoms with van der Waals surface area (Å²) in [6.45, 7) is 1.75. The lowest BCUT2D eigenvalue weighted by Gasteiger charge is -2.41. The second-order valence-electron chi connectivity index (χ2n) is 6.88. The lowest BCUT2D eigenvalue weighted by atomic mass is 9.94. The molecule has 0 radical (unpaired) electrons. The highest BCUT2D eigenvalue weighted by Crippen LogP contribution is 2.34. The van der Waals surface area contributed by atoms with Crippen molar-refractivity contribution in [3.05, 3.63) is 83.4 Å². The molecule has 1 saturated heterocycles. The fourth-order valence-electron chi connectivity index (χ4n) is 3.43. The number of hydrogen-bond acceptors (Lipinski definition) is 3. The zero-order valence-electron chi connectivity index (χ0n) is 15.1. The number of rotatable bonds is 5. The third-order valence-corrected chi connectivity index (χ3v) is 4.92. The van der Waals surface area contributed by atoms with Crippen molar-refractivity contribution in [2.45, 2.75) is 19.0 Å². The number of carbonyl (C=O) groups is 1. The molecule has 1 fully saturated rings. The van der Waals surface area contributed by atoms with Crippen LogP contribution in [0, 0.1) is 5.82 Å². The van der Waals surface area contributed by atoms with Crippen LogP contribution >= 0.6 is 0 Å². The Morgan fingerprint density at radius 2 is 2.07 bits per heavy atom. The number of aryl methyl sites for hydroxylation is 1. The number of anilines is 1. The predicted molar refractivity (Wildman–Crippen MR) is 102 cm³/mol. The summed E-state index contributed by atoms with van der Waals surface area (Å²) in [5, 5.41) is 6.91. The fourth-order valence-corrected chi connectivity index (χ4v) is 3.43. The maximum absolute atomic E-state index is 13.1. The van der Waals surface area contributed by atoms with Crippen LogP contribution in [0.15, 0.2) is 60.9 Å². The molecular weight excluding hydrogens is 343 g/mol. The molecule has 138 valence electrons. The second-order valence-corrected chi connectivity index (χ2v) is 6.88. The summed E-state index contributed by atoms with van der Waals surface area (Å²) in [5.41, 5.74) is 3.51. The zero-order chi connectivity index (χ0) is 18.8. The minimum Gasteiger partial charge on any atom is -0.319 e. The standard InChI is InChI=1S/C21H21FN4O/c1-25-14-19(12-23-25)24-21(27)17-4-2-3-15(11-17)13-26-10-9-20(26)16-5-7-18(22)8-6-16/h2-8,11-12,14,20H,9-10,13H2,1H3,(H,24,27)/t20-/m0/s1. The van der Waals surface area contributed by atoms with Crippen molar-refractivity contribution < 1.29 is 9.18 Å². The van der Waals surface area contributed by atoms with Crippen LogP contribution in [0.5, 0.6) is 0 Å². The molecule has 1 aliphatic rings. The van der Waals surface area contributed by atoms with E-state index in [9.17, 15) is 9.18 Å². The number of likely N-dealkylation sites (tertiary alicyclic amines) is 1. The summed E-state index contributed by atoms with van der Waals surface area (Å²) in [7, 11) is 1.81. The normalized spacial score (nSPS) is 16.7. The molecule has 4 rings (SSSR count). The van der Waals surface area contributed by atoms with Gasteiger partial charge in [0.15, 0.2) is 0 Å². The van der Waals surface area contributed by atoms with E-state index in [0.29, 0.717) is 17.3 Å². The minimum absolute atomic E-state index is 0.149. The lowest BCUT2D eigenvalue weighted by molar-refractivity contribution is 0.0818. The van der Waals surface area contributed by atoms with E-state index in [1.807, 2.05) is 36.4 Å². The first kappa shape index (κ1) is 17.4. The molecule has 5 nitrogen and oxygen atoms in total. The molecule has 2 aromatic carbocycles. The van der Waals surface area contributed by atoms with Gasteiger partial charge in [0.05, 0.1) is 11.9 Å². The van der Waals surface area contributed by atoms with E-state index < -0.39 is 0 Å². The predicted octanol–water partition coefficient (Wildman–Crippen LogP) is 3.76. The summed E-state index contributed by atoms with van der Waals surface area (Å²) < 4.78 is 14.8. The van der Waals surface area contributed by atoms with Gasteiger partial charge in [0.1, 0.15) is 5.82 Å². The van der Waals surface area contributed by atoms with E-state index in [2.05, 4.69) is 15.3 Å². The summed E-state index contributed by atoms with van der Waals surface area (Å²) >= 11 is 0. The van der Waals surface area contributed by atoms with Crippen LogP contribution < -0.4 is 5.32 Å². The molecule has 2 heterocycles. The van der Waals surface area contributed by atoms with Gasteiger partial charge in [-0.1, -0.05) is 24.3 Å². The number of halogens is 1. The highest BCUT2D eigenvalue weighted by atomic mass is 19.1. The van der Waals surface area contributed by atoms with Crippen LogP contribution in [0.2, 0.25) is 0 Å². The van der Waals surface area contributed by atoms with Gasteiger partial charge in [0, 0.05) is 37.9 Å². The third-order valence-electron chi connectivity index (χ3n) is 4.92. The molecule has 0 unspecified atom stereocenters. The van der Waals surface area contributed by atoms with Crippen molar-refractivity contribution in [3.8, 4) is 0 Å². The Morgan fingerprint density at radius 1 is 1.26 bits per heavy atom. The van der Waals surface area contributed by atoms with Gasteiger partial charge in [0.25, 0.3) is 5.91 Å². The molecule has 1 aromatic heterocycles. The monoisotopic (exact) mass is 364 g/mol. The number of aromatic nitrogens is 2. The van der Waals surface area contributed by atoms with Crippen LogP contribution in [0.25, 0.3) is 0 Å². The van der Waals surface area contributed by atoms with E-state index in [1.54, 1.807) is 24.1 Å². The highest BCUT2D eigenvalue weighted by Gasteiger charge is 2.29. The number of nitrogens with zero attached hydrogens (tertiary/aromatic N) is 3. The first-order chi connectivity index (χ1) is 13.1.